The van der Waals surface area contributed by atoms with Crippen LogP contribution < -0.4 is 10.6 Å². The van der Waals surface area contributed by atoms with Crippen LogP contribution in [0.4, 0.5) is 0 Å². The molecule has 1 aliphatic rings. The highest BCUT2D eigenvalue weighted by molar-refractivity contribution is 5.83. The van der Waals surface area contributed by atoms with Crippen molar-refractivity contribution in [3.63, 3.8) is 0 Å². The number of aliphatic hydroxyl groups is 2. The molecule has 1 aliphatic heterocycles. The van der Waals surface area contributed by atoms with Crippen LogP contribution in [-0.4, -0.2) is 47.5 Å². The highest BCUT2D eigenvalue weighted by Gasteiger charge is 2.33. The van der Waals surface area contributed by atoms with Gasteiger partial charge in [0.05, 0.1) is 24.8 Å². The Balaban J connectivity index is 2.54. The fourth-order valence-corrected chi connectivity index (χ4v) is 1.69. The van der Waals surface area contributed by atoms with Crippen molar-refractivity contribution in [1.29, 1.82) is 0 Å². The van der Waals surface area contributed by atoms with Gasteiger partial charge in [-0.15, -0.1) is 0 Å². The summed E-state index contributed by atoms with van der Waals surface area (Å²) in [5, 5.41) is 23.9. The summed E-state index contributed by atoms with van der Waals surface area (Å²) in [6, 6.07) is -0.206. The lowest BCUT2D eigenvalue weighted by atomic mass is 10.00. The number of carbonyl (C=O) groups excluding carboxylic acids is 1. The molecule has 1 rings (SSSR count). The first-order chi connectivity index (χ1) is 7.02. The molecule has 2 atom stereocenters. The van der Waals surface area contributed by atoms with Gasteiger partial charge in [-0.2, -0.15) is 0 Å². The molecule has 0 bridgehead atoms. The zero-order valence-corrected chi connectivity index (χ0v) is 9.29. The van der Waals surface area contributed by atoms with Gasteiger partial charge in [0.25, 0.3) is 0 Å². The smallest absolute Gasteiger partial charge is 0.237 e. The fourth-order valence-electron chi connectivity index (χ4n) is 1.69. The molecule has 1 saturated heterocycles. The van der Waals surface area contributed by atoms with E-state index >= 15 is 0 Å². The quantitative estimate of drug-likeness (QED) is 0.478. The molecule has 0 aromatic heterocycles. The molecular weight excluding hydrogens is 196 g/mol. The molecule has 5 nitrogen and oxygen atoms in total. The van der Waals surface area contributed by atoms with E-state index in [1.807, 2.05) is 6.92 Å². The van der Waals surface area contributed by atoms with Gasteiger partial charge in [-0.3, -0.25) is 4.79 Å². The van der Waals surface area contributed by atoms with E-state index in [0.29, 0.717) is 5.92 Å². The number of carbonyl (C=O) groups is 1. The SMILES string of the molecule is CC1CCNC1C(=O)NC(C)(CO)CO. The molecule has 0 aliphatic carbocycles. The van der Waals surface area contributed by atoms with E-state index in [2.05, 4.69) is 10.6 Å². The van der Waals surface area contributed by atoms with E-state index in [4.69, 9.17) is 10.2 Å². The highest BCUT2D eigenvalue weighted by atomic mass is 16.3. The minimum atomic E-state index is -0.929. The zero-order chi connectivity index (χ0) is 11.5. The summed E-state index contributed by atoms with van der Waals surface area (Å²) in [6.07, 6.45) is 0.979. The second-order valence-electron chi connectivity index (χ2n) is 4.56. The number of nitrogens with one attached hydrogen (secondary N) is 2. The summed E-state index contributed by atoms with van der Waals surface area (Å²) in [5.74, 6) is 0.150. The van der Waals surface area contributed by atoms with Gasteiger partial charge in [0, 0.05) is 0 Å². The van der Waals surface area contributed by atoms with Gasteiger partial charge in [0.1, 0.15) is 0 Å². The maximum Gasteiger partial charge on any atom is 0.237 e. The Labute approximate surface area is 89.9 Å². The monoisotopic (exact) mass is 216 g/mol. The van der Waals surface area contributed by atoms with Crippen LogP contribution in [0.3, 0.4) is 0 Å². The molecule has 0 radical (unpaired) electrons. The number of hydrogen-bond donors (Lipinski definition) is 4. The Kier molecular flexibility index (Phi) is 4.07. The molecule has 1 heterocycles. The van der Waals surface area contributed by atoms with E-state index in [1.165, 1.54) is 0 Å². The maximum absolute atomic E-state index is 11.8. The first-order valence-electron chi connectivity index (χ1n) is 5.29. The van der Waals surface area contributed by atoms with Crippen LogP contribution in [-0.2, 0) is 4.79 Å². The van der Waals surface area contributed by atoms with Gasteiger partial charge in [0.2, 0.25) is 5.91 Å². The summed E-state index contributed by atoms with van der Waals surface area (Å²) in [5.41, 5.74) is -0.929. The van der Waals surface area contributed by atoms with Crippen LogP contribution in [0.25, 0.3) is 0 Å². The van der Waals surface area contributed by atoms with Crippen LogP contribution >= 0.6 is 0 Å². The van der Waals surface area contributed by atoms with Crippen molar-refractivity contribution in [3.8, 4) is 0 Å². The van der Waals surface area contributed by atoms with Crippen molar-refractivity contribution in [2.24, 2.45) is 5.92 Å². The third kappa shape index (κ3) is 2.90. The minimum absolute atomic E-state index is 0.148. The Morgan fingerprint density at radius 2 is 2.13 bits per heavy atom. The second-order valence-corrected chi connectivity index (χ2v) is 4.56. The number of aliphatic hydroxyl groups excluding tert-OH is 2. The zero-order valence-electron chi connectivity index (χ0n) is 9.29. The van der Waals surface area contributed by atoms with Crippen molar-refractivity contribution in [3.05, 3.63) is 0 Å². The Hall–Kier alpha value is -0.650. The molecule has 0 spiro atoms. The van der Waals surface area contributed by atoms with E-state index in [1.54, 1.807) is 6.92 Å². The normalized spacial score (nSPS) is 26.7. The van der Waals surface area contributed by atoms with Crippen molar-refractivity contribution in [2.75, 3.05) is 19.8 Å². The lowest BCUT2D eigenvalue weighted by Crippen LogP contribution is -2.56. The van der Waals surface area contributed by atoms with Crippen LogP contribution in [0.2, 0.25) is 0 Å². The number of rotatable bonds is 4. The molecule has 15 heavy (non-hydrogen) atoms. The molecule has 4 N–H and O–H groups in total. The predicted molar refractivity (Wildman–Crippen MR) is 56.3 cm³/mol. The molecule has 5 heteroatoms. The van der Waals surface area contributed by atoms with Gasteiger partial charge in [0.15, 0.2) is 0 Å². The van der Waals surface area contributed by atoms with Crippen LogP contribution in [0, 0.1) is 5.92 Å². The van der Waals surface area contributed by atoms with E-state index in [9.17, 15) is 4.79 Å². The Morgan fingerprint density at radius 1 is 1.53 bits per heavy atom. The summed E-state index contributed by atoms with van der Waals surface area (Å²) in [6.45, 7) is 3.94. The van der Waals surface area contributed by atoms with Crippen LogP contribution in [0.1, 0.15) is 20.3 Å². The summed E-state index contributed by atoms with van der Waals surface area (Å²) in [4.78, 5) is 11.8. The summed E-state index contributed by atoms with van der Waals surface area (Å²) in [7, 11) is 0. The number of hydrogen-bond acceptors (Lipinski definition) is 4. The van der Waals surface area contributed by atoms with Gasteiger partial charge in [-0.05, 0) is 25.8 Å². The molecule has 2 unspecified atom stereocenters. The standard InChI is InChI=1S/C10H20N2O3/c1-7-3-4-11-8(7)9(15)12-10(2,5-13)6-14/h7-8,11,13-14H,3-6H2,1-2H3,(H,12,15). The highest BCUT2D eigenvalue weighted by Crippen LogP contribution is 2.15. The van der Waals surface area contributed by atoms with E-state index < -0.39 is 5.54 Å². The first kappa shape index (κ1) is 12.4. The van der Waals surface area contributed by atoms with E-state index in [0.717, 1.165) is 13.0 Å². The maximum atomic E-state index is 11.8. The molecule has 0 saturated carbocycles. The molecular formula is C10H20N2O3. The Bertz CT molecular complexity index is 229. The van der Waals surface area contributed by atoms with Crippen LogP contribution in [0.15, 0.2) is 0 Å². The Morgan fingerprint density at radius 3 is 2.53 bits per heavy atom. The van der Waals surface area contributed by atoms with Crippen molar-refractivity contribution < 1.29 is 15.0 Å². The summed E-state index contributed by atoms with van der Waals surface area (Å²) < 4.78 is 0. The molecule has 0 aromatic carbocycles. The van der Waals surface area contributed by atoms with Crippen molar-refractivity contribution in [2.45, 2.75) is 31.8 Å². The average Bonchev–Trinajstić information content (AvgIpc) is 2.64. The lowest BCUT2D eigenvalue weighted by Gasteiger charge is -2.28. The van der Waals surface area contributed by atoms with E-state index in [-0.39, 0.29) is 25.2 Å². The van der Waals surface area contributed by atoms with Crippen molar-refractivity contribution in [1.82, 2.24) is 10.6 Å². The van der Waals surface area contributed by atoms with Gasteiger partial charge >= 0.3 is 0 Å². The largest absolute Gasteiger partial charge is 0.394 e. The van der Waals surface area contributed by atoms with Crippen LogP contribution in [0.5, 0.6) is 0 Å². The molecule has 1 fully saturated rings. The minimum Gasteiger partial charge on any atom is -0.394 e. The lowest BCUT2D eigenvalue weighted by molar-refractivity contribution is -0.126. The fraction of sp³-hybridized carbons (Fsp3) is 0.900. The van der Waals surface area contributed by atoms with Gasteiger partial charge < -0.3 is 20.8 Å². The first-order valence-corrected chi connectivity index (χ1v) is 5.29. The van der Waals surface area contributed by atoms with Gasteiger partial charge in [-0.25, -0.2) is 0 Å². The third-order valence-electron chi connectivity index (χ3n) is 2.94. The molecule has 1 amide bonds. The molecule has 88 valence electrons. The molecule has 0 aromatic rings. The number of amides is 1. The second kappa shape index (κ2) is 4.92. The van der Waals surface area contributed by atoms with Crippen molar-refractivity contribution >= 4 is 5.91 Å². The average molecular weight is 216 g/mol. The third-order valence-corrected chi connectivity index (χ3v) is 2.94. The summed E-state index contributed by atoms with van der Waals surface area (Å²) >= 11 is 0. The van der Waals surface area contributed by atoms with Gasteiger partial charge in [-0.1, -0.05) is 6.92 Å². The predicted octanol–water partition coefficient (Wildman–Crippen LogP) is -1.16. The topological polar surface area (TPSA) is 81.6 Å².